The molecular formula is C22H38N2O8. The van der Waals surface area contributed by atoms with Crippen LogP contribution in [-0.4, -0.2) is 57.6 Å². The van der Waals surface area contributed by atoms with Crippen molar-refractivity contribution >= 4 is 24.1 Å². The molecule has 0 saturated heterocycles. The Morgan fingerprint density at radius 2 is 0.969 bits per heavy atom. The molecule has 0 radical (unpaired) electrons. The van der Waals surface area contributed by atoms with Crippen molar-refractivity contribution in [3.05, 3.63) is 0 Å². The number of rotatable bonds is 4. The Morgan fingerprint density at radius 3 is 1.19 bits per heavy atom. The van der Waals surface area contributed by atoms with Crippen molar-refractivity contribution in [2.24, 2.45) is 11.8 Å². The first-order valence-electron chi connectivity index (χ1n) is 11.0. The van der Waals surface area contributed by atoms with Gasteiger partial charge in [0.05, 0.1) is 11.8 Å². The number of hydrogen-bond acceptors (Lipinski definition) is 6. The van der Waals surface area contributed by atoms with E-state index in [2.05, 4.69) is 10.6 Å². The van der Waals surface area contributed by atoms with Gasteiger partial charge in [-0.15, -0.1) is 0 Å². The predicted molar refractivity (Wildman–Crippen MR) is 116 cm³/mol. The monoisotopic (exact) mass is 458 g/mol. The summed E-state index contributed by atoms with van der Waals surface area (Å²) in [5, 5.41) is 23.0. The van der Waals surface area contributed by atoms with Crippen molar-refractivity contribution in [3.63, 3.8) is 0 Å². The van der Waals surface area contributed by atoms with Gasteiger partial charge in [0.15, 0.2) is 0 Å². The Hall–Kier alpha value is -2.52. The standard InChI is InChI=1S/2C11H19NO4/c2*1-11(2,3)16-10(15)12-8-5-4-7(6-8)9(13)14/h2*7-8H,4-6H2,1-3H3,(H,12,15)(H,13,14)/t7-,8+;/m1./s1. The molecule has 32 heavy (non-hydrogen) atoms. The first kappa shape index (κ1) is 27.5. The summed E-state index contributed by atoms with van der Waals surface area (Å²) in [5.41, 5.74) is -1.04. The van der Waals surface area contributed by atoms with Gasteiger partial charge in [0.1, 0.15) is 11.2 Å². The average molecular weight is 459 g/mol. The summed E-state index contributed by atoms with van der Waals surface area (Å²) in [6.45, 7) is 10.8. The second kappa shape index (κ2) is 11.4. The van der Waals surface area contributed by atoms with Gasteiger partial charge in [-0.25, -0.2) is 9.59 Å². The van der Waals surface area contributed by atoms with Crippen molar-refractivity contribution in [1.82, 2.24) is 10.6 Å². The number of carbonyl (C=O) groups is 4. The SMILES string of the molecule is CC(C)(C)OC(=O)NC1CCC(C(=O)O)C1.CC(C)(C)OC(=O)N[C@H]1CC[C@@H](C(=O)O)C1. The van der Waals surface area contributed by atoms with Crippen molar-refractivity contribution in [2.75, 3.05) is 0 Å². The molecule has 184 valence electrons. The summed E-state index contributed by atoms with van der Waals surface area (Å²) < 4.78 is 10.2. The fraction of sp³-hybridized carbons (Fsp3) is 0.818. The molecule has 4 atom stereocenters. The first-order chi connectivity index (χ1) is 14.6. The highest BCUT2D eigenvalue weighted by Crippen LogP contribution is 2.26. The summed E-state index contributed by atoms with van der Waals surface area (Å²) in [5.74, 6) is -2.23. The van der Waals surface area contributed by atoms with Crippen LogP contribution in [0.25, 0.3) is 0 Å². The first-order valence-corrected chi connectivity index (χ1v) is 11.0. The minimum atomic E-state index is -0.784. The molecular weight excluding hydrogens is 420 g/mol. The predicted octanol–water partition coefficient (Wildman–Crippen LogP) is 3.53. The Kier molecular flexibility index (Phi) is 9.78. The number of carboxylic acids is 2. The highest BCUT2D eigenvalue weighted by atomic mass is 16.6. The van der Waals surface area contributed by atoms with Crippen LogP contribution in [0.15, 0.2) is 0 Å². The van der Waals surface area contributed by atoms with E-state index in [9.17, 15) is 19.2 Å². The van der Waals surface area contributed by atoms with E-state index in [0.29, 0.717) is 38.5 Å². The molecule has 0 aromatic heterocycles. The lowest BCUT2D eigenvalue weighted by Gasteiger charge is -2.21. The van der Waals surface area contributed by atoms with Gasteiger partial charge in [0, 0.05) is 12.1 Å². The van der Waals surface area contributed by atoms with Crippen LogP contribution in [0.3, 0.4) is 0 Å². The van der Waals surface area contributed by atoms with Crippen LogP contribution in [0.2, 0.25) is 0 Å². The van der Waals surface area contributed by atoms with Crippen LogP contribution < -0.4 is 10.6 Å². The molecule has 2 unspecified atom stereocenters. The normalized spacial score (nSPS) is 25.2. The highest BCUT2D eigenvalue weighted by Gasteiger charge is 2.32. The Labute approximate surface area is 189 Å². The third-order valence-corrected chi connectivity index (χ3v) is 5.01. The van der Waals surface area contributed by atoms with E-state index >= 15 is 0 Å². The van der Waals surface area contributed by atoms with Crippen molar-refractivity contribution in [1.29, 1.82) is 0 Å². The van der Waals surface area contributed by atoms with Crippen LogP contribution in [0, 0.1) is 11.8 Å². The molecule has 2 amide bonds. The van der Waals surface area contributed by atoms with E-state index in [1.165, 1.54) is 0 Å². The lowest BCUT2D eigenvalue weighted by Crippen LogP contribution is -2.38. The molecule has 0 spiro atoms. The molecule has 0 bridgehead atoms. The Morgan fingerprint density at radius 1 is 0.656 bits per heavy atom. The maximum Gasteiger partial charge on any atom is 0.407 e. The van der Waals surface area contributed by atoms with Gasteiger partial charge < -0.3 is 30.3 Å². The summed E-state index contributed by atoms with van der Waals surface area (Å²) >= 11 is 0. The molecule has 2 aliphatic rings. The van der Waals surface area contributed by atoms with Crippen LogP contribution in [0.5, 0.6) is 0 Å². The summed E-state index contributed by atoms with van der Waals surface area (Å²) in [6, 6.07) is -0.146. The molecule has 0 aromatic carbocycles. The zero-order chi connectivity index (χ0) is 24.7. The zero-order valence-corrected chi connectivity index (χ0v) is 19.9. The summed E-state index contributed by atoms with van der Waals surface area (Å²) in [7, 11) is 0. The van der Waals surface area contributed by atoms with Crippen molar-refractivity contribution in [2.45, 2.75) is 103 Å². The van der Waals surface area contributed by atoms with Crippen molar-refractivity contribution in [3.8, 4) is 0 Å². The number of alkyl carbamates (subject to hydrolysis) is 2. The highest BCUT2D eigenvalue weighted by molar-refractivity contribution is 5.72. The zero-order valence-electron chi connectivity index (χ0n) is 19.9. The number of carboxylic acid groups (broad SMARTS) is 2. The lowest BCUT2D eigenvalue weighted by atomic mass is 10.1. The molecule has 0 aromatic rings. The van der Waals surface area contributed by atoms with Gasteiger partial charge in [-0.1, -0.05) is 0 Å². The largest absolute Gasteiger partial charge is 0.481 e. The molecule has 0 aliphatic heterocycles. The van der Waals surface area contributed by atoms with Gasteiger partial charge in [-0.2, -0.15) is 0 Å². The van der Waals surface area contributed by atoms with Crippen LogP contribution >= 0.6 is 0 Å². The number of hydrogen-bond donors (Lipinski definition) is 4. The molecule has 4 N–H and O–H groups in total. The third kappa shape index (κ3) is 11.2. The molecule has 2 fully saturated rings. The van der Waals surface area contributed by atoms with E-state index in [-0.39, 0.29) is 23.9 Å². The quantitative estimate of drug-likeness (QED) is 0.499. The van der Waals surface area contributed by atoms with Crippen molar-refractivity contribution < 1.29 is 38.9 Å². The molecule has 10 nitrogen and oxygen atoms in total. The lowest BCUT2D eigenvalue weighted by molar-refractivity contribution is -0.142. The molecule has 2 aliphatic carbocycles. The summed E-state index contributed by atoms with van der Waals surface area (Å²) in [6.07, 6.45) is 2.70. The van der Waals surface area contributed by atoms with E-state index in [1.54, 1.807) is 41.5 Å². The number of aliphatic carboxylic acids is 2. The Bertz CT molecular complexity index is 622. The van der Waals surface area contributed by atoms with Gasteiger partial charge in [0.2, 0.25) is 0 Å². The molecule has 10 heteroatoms. The van der Waals surface area contributed by atoms with Crippen LogP contribution in [-0.2, 0) is 19.1 Å². The minimum Gasteiger partial charge on any atom is -0.481 e. The minimum absolute atomic E-state index is 0.0732. The molecule has 2 rings (SSSR count). The van der Waals surface area contributed by atoms with Gasteiger partial charge in [-0.05, 0) is 80.1 Å². The number of carbonyl (C=O) groups excluding carboxylic acids is 2. The fourth-order valence-electron chi connectivity index (χ4n) is 3.62. The van der Waals surface area contributed by atoms with Gasteiger partial charge in [-0.3, -0.25) is 9.59 Å². The second-order valence-corrected chi connectivity index (χ2v) is 10.4. The topological polar surface area (TPSA) is 151 Å². The number of nitrogens with one attached hydrogen (secondary N) is 2. The second-order valence-electron chi connectivity index (χ2n) is 10.4. The maximum atomic E-state index is 11.4. The van der Waals surface area contributed by atoms with E-state index in [4.69, 9.17) is 19.7 Å². The van der Waals surface area contributed by atoms with E-state index in [0.717, 1.165) is 0 Å². The molecule has 2 saturated carbocycles. The van der Waals surface area contributed by atoms with Crippen LogP contribution in [0.1, 0.15) is 80.1 Å². The Balaban J connectivity index is 0.000000320. The average Bonchev–Trinajstić information content (AvgIpc) is 3.21. The number of amides is 2. The third-order valence-electron chi connectivity index (χ3n) is 5.01. The fourth-order valence-corrected chi connectivity index (χ4v) is 3.62. The number of ether oxygens (including phenoxy) is 2. The maximum absolute atomic E-state index is 11.4. The van der Waals surface area contributed by atoms with Gasteiger partial charge >= 0.3 is 24.1 Å². The smallest absolute Gasteiger partial charge is 0.407 e. The molecule has 0 heterocycles. The van der Waals surface area contributed by atoms with Gasteiger partial charge in [0.25, 0.3) is 0 Å². The van der Waals surface area contributed by atoms with E-state index < -0.39 is 35.3 Å². The van der Waals surface area contributed by atoms with Crippen LogP contribution in [0.4, 0.5) is 9.59 Å². The summed E-state index contributed by atoms with van der Waals surface area (Å²) in [4.78, 5) is 44.3. The van der Waals surface area contributed by atoms with E-state index in [1.807, 2.05) is 0 Å².